The molecule has 4 heteroatoms. The van der Waals surface area contributed by atoms with Crippen molar-refractivity contribution in [3.05, 3.63) is 34.8 Å². The molecule has 2 aromatic rings. The lowest BCUT2D eigenvalue weighted by Gasteiger charge is -2.10. The molecule has 0 fully saturated rings. The summed E-state index contributed by atoms with van der Waals surface area (Å²) < 4.78 is 40.7. The second-order valence-corrected chi connectivity index (χ2v) is 5.68. The van der Waals surface area contributed by atoms with Crippen molar-refractivity contribution in [1.82, 2.24) is 4.98 Å². The average Bonchev–Trinajstić information content (AvgIpc) is 2.63. The molecule has 0 saturated carbocycles. The van der Waals surface area contributed by atoms with E-state index in [4.69, 9.17) is 0 Å². The fraction of sp³-hybridized carbons (Fsp3) is 0.467. The van der Waals surface area contributed by atoms with Crippen molar-refractivity contribution < 1.29 is 13.2 Å². The molecule has 1 N–H and O–H groups in total. The Hall–Kier alpha value is -1.45. The first kappa shape index (κ1) is 14.0. The molecule has 0 saturated heterocycles. The molecule has 1 nitrogen and oxygen atoms in total. The first-order valence-corrected chi connectivity index (χ1v) is 6.50. The highest BCUT2D eigenvalue weighted by Gasteiger charge is 2.22. The van der Waals surface area contributed by atoms with E-state index in [1.165, 1.54) is 0 Å². The number of nitrogens with one attached hydrogen (secondary N) is 1. The van der Waals surface area contributed by atoms with E-state index in [9.17, 15) is 13.2 Å². The molecule has 0 amide bonds. The maximum Gasteiger partial charge on any atom is 0.195 e. The molecule has 1 aromatic carbocycles. The molecule has 0 radical (unpaired) electrons. The summed E-state index contributed by atoms with van der Waals surface area (Å²) in [5.74, 6) is -3.22. The summed E-state index contributed by atoms with van der Waals surface area (Å²) in [6.07, 6.45) is 0.727. The predicted octanol–water partition coefficient (Wildman–Crippen LogP) is 4.91. The minimum Gasteiger partial charge on any atom is -0.358 e. The minimum absolute atomic E-state index is 0.0434. The van der Waals surface area contributed by atoms with Crippen molar-refractivity contribution in [2.75, 3.05) is 0 Å². The van der Waals surface area contributed by atoms with Crippen molar-refractivity contribution in [1.29, 1.82) is 0 Å². The number of hydrogen-bond donors (Lipinski definition) is 1. The molecule has 1 aromatic heterocycles. The van der Waals surface area contributed by atoms with Crippen LogP contribution in [0.1, 0.15) is 44.9 Å². The van der Waals surface area contributed by atoms with Crippen molar-refractivity contribution >= 4 is 10.9 Å². The van der Waals surface area contributed by atoms with Gasteiger partial charge in [0.15, 0.2) is 17.5 Å². The Balaban J connectivity index is 2.78. The molecule has 2 rings (SSSR count). The zero-order chi connectivity index (χ0) is 14.3. The third kappa shape index (κ3) is 2.36. The van der Waals surface area contributed by atoms with Crippen LogP contribution in [-0.2, 0) is 6.42 Å². The quantitative estimate of drug-likeness (QED) is 0.762. The minimum atomic E-state index is -1.40. The van der Waals surface area contributed by atoms with E-state index in [1.54, 1.807) is 0 Å². The van der Waals surface area contributed by atoms with E-state index < -0.39 is 17.5 Å². The Bertz CT molecular complexity index is 612. The first-order valence-electron chi connectivity index (χ1n) is 6.50. The predicted molar refractivity (Wildman–Crippen MR) is 70.8 cm³/mol. The van der Waals surface area contributed by atoms with Gasteiger partial charge in [-0.25, -0.2) is 13.2 Å². The normalized spacial score (nSPS) is 12.1. The molecule has 0 aliphatic rings. The third-order valence-electron chi connectivity index (χ3n) is 3.23. The SMILES string of the molecule is CC(C)Cc1[nH]c2cc(F)c(F)c(F)c2c1C(C)C. The van der Waals surface area contributed by atoms with Crippen LogP contribution in [0.3, 0.4) is 0 Å². The van der Waals surface area contributed by atoms with E-state index in [2.05, 4.69) is 4.98 Å². The summed E-state index contributed by atoms with van der Waals surface area (Å²) in [5.41, 5.74) is 1.94. The summed E-state index contributed by atoms with van der Waals surface area (Å²) in [6, 6.07) is 1.03. The van der Waals surface area contributed by atoms with E-state index in [1.807, 2.05) is 27.7 Å². The van der Waals surface area contributed by atoms with Crippen LogP contribution < -0.4 is 0 Å². The van der Waals surface area contributed by atoms with Crippen LogP contribution in [0.15, 0.2) is 6.07 Å². The monoisotopic (exact) mass is 269 g/mol. The van der Waals surface area contributed by atoms with E-state index >= 15 is 0 Å². The van der Waals surface area contributed by atoms with E-state index in [0.29, 0.717) is 11.4 Å². The van der Waals surface area contributed by atoms with Crippen LogP contribution in [0.2, 0.25) is 0 Å². The van der Waals surface area contributed by atoms with Gasteiger partial charge in [0.05, 0.1) is 5.52 Å². The first-order chi connectivity index (χ1) is 8.82. The molecular weight excluding hydrogens is 251 g/mol. The van der Waals surface area contributed by atoms with Gasteiger partial charge in [-0.05, 0) is 23.8 Å². The highest BCUT2D eigenvalue weighted by atomic mass is 19.2. The molecule has 0 aliphatic carbocycles. The Morgan fingerprint density at radius 1 is 1.05 bits per heavy atom. The lowest BCUT2D eigenvalue weighted by Crippen LogP contribution is -2.00. The Labute approximate surface area is 110 Å². The maximum absolute atomic E-state index is 14.0. The second-order valence-electron chi connectivity index (χ2n) is 5.68. The van der Waals surface area contributed by atoms with Crippen LogP contribution in [-0.4, -0.2) is 4.98 Å². The van der Waals surface area contributed by atoms with Crippen LogP contribution in [0.4, 0.5) is 13.2 Å². The number of rotatable bonds is 3. The van der Waals surface area contributed by atoms with Crippen LogP contribution in [0, 0.1) is 23.4 Å². The molecule has 0 atom stereocenters. The van der Waals surface area contributed by atoms with Crippen molar-refractivity contribution in [3.8, 4) is 0 Å². The summed E-state index contributed by atoms with van der Waals surface area (Å²) in [6.45, 7) is 7.94. The fourth-order valence-corrected chi connectivity index (χ4v) is 2.54. The highest BCUT2D eigenvalue weighted by molar-refractivity contribution is 5.86. The van der Waals surface area contributed by atoms with Crippen molar-refractivity contribution in [3.63, 3.8) is 0 Å². The molecule has 0 spiro atoms. The van der Waals surface area contributed by atoms with Crippen LogP contribution in [0.25, 0.3) is 10.9 Å². The van der Waals surface area contributed by atoms with Gasteiger partial charge in [0.1, 0.15) is 0 Å². The molecule has 0 unspecified atom stereocenters. The Kier molecular flexibility index (Phi) is 3.61. The van der Waals surface area contributed by atoms with E-state index in [-0.39, 0.29) is 11.3 Å². The van der Waals surface area contributed by atoms with Gasteiger partial charge in [0.25, 0.3) is 0 Å². The van der Waals surface area contributed by atoms with Gasteiger partial charge in [-0.15, -0.1) is 0 Å². The van der Waals surface area contributed by atoms with Crippen molar-refractivity contribution in [2.24, 2.45) is 5.92 Å². The number of aromatic nitrogens is 1. The smallest absolute Gasteiger partial charge is 0.195 e. The Morgan fingerprint density at radius 2 is 1.68 bits per heavy atom. The second kappa shape index (κ2) is 4.91. The highest BCUT2D eigenvalue weighted by Crippen LogP contribution is 2.34. The molecule has 104 valence electrons. The van der Waals surface area contributed by atoms with Gasteiger partial charge >= 0.3 is 0 Å². The van der Waals surface area contributed by atoms with Gasteiger partial charge in [-0.1, -0.05) is 27.7 Å². The zero-order valence-electron chi connectivity index (χ0n) is 11.6. The van der Waals surface area contributed by atoms with Gasteiger partial charge in [0.2, 0.25) is 0 Å². The lowest BCUT2D eigenvalue weighted by molar-refractivity contribution is 0.453. The molecule has 19 heavy (non-hydrogen) atoms. The molecule has 0 aliphatic heterocycles. The van der Waals surface area contributed by atoms with E-state index in [0.717, 1.165) is 23.7 Å². The number of benzene rings is 1. The summed E-state index contributed by atoms with van der Waals surface area (Å²) in [7, 11) is 0. The summed E-state index contributed by atoms with van der Waals surface area (Å²) >= 11 is 0. The average molecular weight is 269 g/mol. The summed E-state index contributed by atoms with van der Waals surface area (Å²) in [4.78, 5) is 3.04. The largest absolute Gasteiger partial charge is 0.358 e. The number of aromatic amines is 1. The summed E-state index contributed by atoms with van der Waals surface area (Å²) in [5, 5.41) is 0.185. The fourth-order valence-electron chi connectivity index (χ4n) is 2.54. The van der Waals surface area contributed by atoms with Gasteiger partial charge < -0.3 is 4.98 Å². The third-order valence-corrected chi connectivity index (χ3v) is 3.23. The number of H-pyrrole nitrogens is 1. The lowest BCUT2D eigenvalue weighted by atomic mass is 9.95. The molecule has 0 bridgehead atoms. The van der Waals surface area contributed by atoms with Crippen molar-refractivity contribution in [2.45, 2.75) is 40.0 Å². The van der Waals surface area contributed by atoms with Gasteiger partial charge in [-0.3, -0.25) is 0 Å². The number of fused-ring (bicyclic) bond motifs is 1. The standard InChI is InChI=1S/C15H18F3N/c1-7(2)5-10-12(8(3)4)13-11(19-10)6-9(16)14(17)15(13)18/h6-8,19H,5H2,1-4H3. The van der Waals surface area contributed by atoms with Crippen LogP contribution in [0.5, 0.6) is 0 Å². The number of hydrogen-bond acceptors (Lipinski definition) is 0. The topological polar surface area (TPSA) is 15.8 Å². The van der Waals surface area contributed by atoms with Gasteiger partial charge in [0, 0.05) is 17.1 Å². The zero-order valence-corrected chi connectivity index (χ0v) is 11.6. The van der Waals surface area contributed by atoms with Gasteiger partial charge in [-0.2, -0.15) is 0 Å². The Morgan fingerprint density at radius 3 is 2.21 bits per heavy atom. The van der Waals surface area contributed by atoms with Crippen LogP contribution >= 0.6 is 0 Å². The number of halogens is 3. The maximum atomic E-state index is 14.0. The molecular formula is C15H18F3N. The molecule has 1 heterocycles.